The number of carbonyl (C=O) groups excluding carboxylic acids is 3. The Bertz CT molecular complexity index is 1600. The van der Waals surface area contributed by atoms with Crippen LogP contribution in [0.4, 0.5) is 0 Å². The molecule has 0 aromatic heterocycles. The van der Waals surface area contributed by atoms with Gasteiger partial charge in [-0.3, -0.25) is 14.4 Å². The van der Waals surface area contributed by atoms with Crippen LogP contribution in [-0.4, -0.2) is 89.2 Å². The van der Waals surface area contributed by atoms with E-state index in [4.69, 9.17) is 23.7 Å². The number of ether oxygens (including phenoxy) is 5. The lowest BCUT2D eigenvalue weighted by Crippen LogP contribution is -2.61. The van der Waals surface area contributed by atoms with Gasteiger partial charge in [-0.2, -0.15) is 0 Å². The Balaban J connectivity index is 2.65. The minimum Gasteiger partial charge on any atom is -0.479 e. The number of rotatable bonds is 55. The summed E-state index contributed by atoms with van der Waals surface area (Å²) in [5.41, 5.74) is 0. The molecule has 0 saturated carbocycles. The third-order valence-electron chi connectivity index (χ3n) is 14.5. The van der Waals surface area contributed by atoms with Gasteiger partial charge in [-0.25, -0.2) is 4.79 Å². The maximum Gasteiger partial charge on any atom is 0.335 e. The second kappa shape index (κ2) is 55.0. The lowest BCUT2D eigenvalue weighted by molar-refractivity contribution is -0.301. The summed E-state index contributed by atoms with van der Waals surface area (Å²) in [6.07, 6.45) is 56.1. The Hall–Kier alpha value is -3.58. The number of aliphatic carboxylic acids is 1. The number of hydrogen-bond acceptors (Lipinski definition) is 11. The second-order valence-corrected chi connectivity index (χ2v) is 22.0. The molecule has 12 nitrogen and oxygen atoms in total. The van der Waals surface area contributed by atoms with Crippen LogP contribution in [0.15, 0.2) is 60.8 Å². The molecule has 1 heterocycles. The topological polar surface area (TPSA) is 175 Å². The van der Waals surface area contributed by atoms with Crippen LogP contribution < -0.4 is 0 Å². The van der Waals surface area contributed by atoms with Gasteiger partial charge in [0, 0.05) is 19.3 Å². The van der Waals surface area contributed by atoms with Crippen LogP contribution in [0.3, 0.4) is 0 Å². The van der Waals surface area contributed by atoms with Crippen LogP contribution in [0.2, 0.25) is 0 Å². The lowest BCUT2D eigenvalue weighted by atomic mass is 9.98. The number of carboxylic acid groups (broad SMARTS) is 1. The van der Waals surface area contributed by atoms with Crippen molar-refractivity contribution in [3.05, 3.63) is 60.8 Å². The van der Waals surface area contributed by atoms with E-state index < -0.39 is 67.3 Å². The molecule has 6 unspecified atom stereocenters. The van der Waals surface area contributed by atoms with Crippen molar-refractivity contribution in [2.75, 3.05) is 13.2 Å². The molecule has 3 N–H and O–H groups in total. The van der Waals surface area contributed by atoms with Gasteiger partial charge in [0.25, 0.3) is 0 Å². The number of allylic oxidation sites excluding steroid dienone is 10. The number of unbranched alkanes of at least 4 members (excludes halogenated alkanes) is 31. The molecule has 0 radical (unpaired) electrons. The largest absolute Gasteiger partial charge is 0.479 e. The first-order chi connectivity index (χ1) is 38.6. The standard InChI is InChI=1S/C67H116O12/c1-4-7-10-13-16-19-22-25-27-29-30-32-33-36-38-41-44-47-50-53-59(68)75-56-58(77-60(69)54-51-48-45-42-39-35-24-21-18-15-12-9-6-3)57-76-67-65(63(72)62(71)64(79-67)66(73)74)78-61(70)55-52-49-46-43-40-37-34-31-28-26-23-20-17-14-11-8-5-2/h12,15-16,19,21,24-25,27,30,32,58,62-65,67,71-72H,4-11,13-14,17-18,20,22-23,26,28-29,31,33-57H2,1-3H3,(H,73,74)/b15-12-,19-16-,24-21-,27-25-,32-30-. The van der Waals surface area contributed by atoms with E-state index in [1.54, 1.807) is 0 Å². The van der Waals surface area contributed by atoms with Crippen molar-refractivity contribution in [1.29, 1.82) is 0 Å². The summed E-state index contributed by atoms with van der Waals surface area (Å²) in [6.45, 7) is 5.91. The quantitative estimate of drug-likeness (QED) is 0.0228. The average molecular weight is 1110 g/mol. The minimum atomic E-state index is -1.91. The van der Waals surface area contributed by atoms with Crippen molar-refractivity contribution in [3.8, 4) is 0 Å². The van der Waals surface area contributed by atoms with Crippen LogP contribution in [0.25, 0.3) is 0 Å². The fourth-order valence-electron chi connectivity index (χ4n) is 9.59. The zero-order valence-corrected chi connectivity index (χ0v) is 50.4. The number of carbonyl (C=O) groups is 4. The Morgan fingerprint density at radius 3 is 1.23 bits per heavy atom. The molecule has 0 aliphatic carbocycles. The Morgan fingerprint density at radius 1 is 0.418 bits per heavy atom. The monoisotopic (exact) mass is 1110 g/mol. The van der Waals surface area contributed by atoms with Gasteiger partial charge in [0.05, 0.1) is 6.61 Å². The zero-order chi connectivity index (χ0) is 57.5. The summed E-state index contributed by atoms with van der Waals surface area (Å²) in [7, 11) is 0. The van der Waals surface area contributed by atoms with Gasteiger partial charge in [0.1, 0.15) is 18.8 Å². The summed E-state index contributed by atoms with van der Waals surface area (Å²) >= 11 is 0. The summed E-state index contributed by atoms with van der Waals surface area (Å²) in [5, 5.41) is 31.6. The van der Waals surface area contributed by atoms with Crippen molar-refractivity contribution >= 4 is 23.9 Å². The molecule has 0 bridgehead atoms. The van der Waals surface area contributed by atoms with Crippen LogP contribution >= 0.6 is 0 Å². The van der Waals surface area contributed by atoms with E-state index >= 15 is 0 Å². The number of aliphatic hydroxyl groups is 2. The maximum atomic E-state index is 13.2. The smallest absolute Gasteiger partial charge is 0.335 e. The molecule has 1 aliphatic heterocycles. The van der Waals surface area contributed by atoms with Gasteiger partial charge in [-0.15, -0.1) is 0 Å². The first-order valence-corrected chi connectivity index (χ1v) is 32.3. The normalized spacial score (nSPS) is 18.2. The van der Waals surface area contributed by atoms with E-state index in [2.05, 4.69) is 81.5 Å². The van der Waals surface area contributed by atoms with E-state index in [9.17, 15) is 34.5 Å². The van der Waals surface area contributed by atoms with Crippen molar-refractivity contribution in [1.82, 2.24) is 0 Å². The molecule has 0 aromatic rings. The van der Waals surface area contributed by atoms with Crippen molar-refractivity contribution in [2.45, 2.75) is 327 Å². The number of aliphatic hydroxyl groups excluding tert-OH is 2. The molecule has 12 heteroatoms. The highest BCUT2D eigenvalue weighted by atomic mass is 16.7. The molecular formula is C67H116O12. The molecule has 0 spiro atoms. The van der Waals surface area contributed by atoms with Crippen LogP contribution in [0.5, 0.6) is 0 Å². The predicted molar refractivity (Wildman–Crippen MR) is 322 cm³/mol. The molecule has 1 saturated heterocycles. The van der Waals surface area contributed by atoms with E-state index in [0.717, 1.165) is 128 Å². The molecule has 456 valence electrons. The first-order valence-electron chi connectivity index (χ1n) is 32.3. The van der Waals surface area contributed by atoms with Gasteiger partial charge in [0.2, 0.25) is 0 Å². The van der Waals surface area contributed by atoms with Gasteiger partial charge in [-0.1, -0.05) is 248 Å². The van der Waals surface area contributed by atoms with Crippen molar-refractivity contribution < 1.29 is 58.2 Å². The number of carboxylic acids is 1. The SMILES string of the molecule is CCC/C=C\C/C=C\CCCCCCCC(=O)OC(COC(=O)CCCCCCCC/C=C\C/C=C\C/C=C\CCCCC)COC1OC(C(=O)O)C(O)C(O)C1OC(=O)CCCCCCCCCCCCCCCCCCC. The molecule has 79 heavy (non-hydrogen) atoms. The average Bonchev–Trinajstić information content (AvgIpc) is 3.44. The fraction of sp³-hybridized carbons (Fsp3) is 0.791. The predicted octanol–water partition coefficient (Wildman–Crippen LogP) is 17.1. The van der Waals surface area contributed by atoms with Gasteiger partial charge in [-0.05, 0) is 83.5 Å². The molecule has 0 aromatic carbocycles. The molecule has 0 amide bonds. The van der Waals surface area contributed by atoms with Crippen LogP contribution in [-0.2, 0) is 42.9 Å². The highest BCUT2D eigenvalue weighted by Crippen LogP contribution is 2.27. The highest BCUT2D eigenvalue weighted by Gasteiger charge is 2.50. The van der Waals surface area contributed by atoms with E-state index in [1.165, 1.54) is 103 Å². The molecule has 1 fully saturated rings. The zero-order valence-electron chi connectivity index (χ0n) is 50.4. The summed E-state index contributed by atoms with van der Waals surface area (Å²) in [4.78, 5) is 51.3. The molecular weight excluding hydrogens is 997 g/mol. The highest BCUT2D eigenvalue weighted by molar-refractivity contribution is 5.74. The minimum absolute atomic E-state index is 0.0606. The van der Waals surface area contributed by atoms with Gasteiger partial charge >= 0.3 is 23.9 Å². The van der Waals surface area contributed by atoms with E-state index in [0.29, 0.717) is 19.3 Å². The van der Waals surface area contributed by atoms with Crippen molar-refractivity contribution in [2.24, 2.45) is 0 Å². The third-order valence-corrected chi connectivity index (χ3v) is 14.5. The lowest BCUT2D eigenvalue weighted by Gasteiger charge is -2.40. The molecule has 1 rings (SSSR count). The van der Waals surface area contributed by atoms with Crippen LogP contribution in [0, 0.1) is 0 Å². The van der Waals surface area contributed by atoms with Gasteiger partial charge in [0.15, 0.2) is 24.6 Å². The summed E-state index contributed by atoms with van der Waals surface area (Å²) in [5.74, 6) is -3.14. The number of hydrogen-bond donors (Lipinski definition) is 3. The van der Waals surface area contributed by atoms with Gasteiger partial charge < -0.3 is 39.0 Å². The van der Waals surface area contributed by atoms with E-state index in [-0.39, 0.29) is 25.9 Å². The fourth-order valence-corrected chi connectivity index (χ4v) is 9.59. The second-order valence-electron chi connectivity index (χ2n) is 22.0. The maximum absolute atomic E-state index is 13.2. The van der Waals surface area contributed by atoms with E-state index in [1.807, 2.05) is 0 Å². The molecule has 6 atom stereocenters. The van der Waals surface area contributed by atoms with Crippen molar-refractivity contribution in [3.63, 3.8) is 0 Å². The first kappa shape index (κ1) is 73.4. The Kier molecular flexibility index (Phi) is 51.1. The summed E-state index contributed by atoms with van der Waals surface area (Å²) < 4.78 is 28.5. The Labute approximate surface area is 481 Å². The summed E-state index contributed by atoms with van der Waals surface area (Å²) in [6, 6.07) is 0. The van der Waals surface area contributed by atoms with Crippen LogP contribution in [0.1, 0.15) is 290 Å². The Morgan fingerprint density at radius 2 is 0.785 bits per heavy atom. The third kappa shape index (κ3) is 44.7. The number of esters is 3. The molecule has 1 aliphatic rings.